The summed E-state index contributed by atoms with van der Waals surface area (Å²) < 4.78 is 19.5. The molecule has 7 nitrogen and oxygen atoms in total. The van der Waals surface area contributed by atoms with Crippen LogP contribution in [-0.4, -0.2) is 27.5 Å². The molecule has 0 saturated heterocycles. The van der Waals surface area contributed by atoms with Crippen molar-refractivity contribution < 1.29 is 14.2 Å². The van der Waals surface area contributed by atoms with Gasteiger partial charge in [0, 0.05) is 0 Å². The average Bonchev–Trinajstić information content (AvgIpc) is 2.67. The van der Waals surface area contributed by atoms with Crippen LogP contribution in [0.5, 0.6) is 11.6 Å². The van der Waals surface area contributed by atoms with E-state index in [4.69, 9.17) is 4.74 Å². The van der Waals surface area contributed by atoms with Crippen molar-refractivity contribution in [2.75, 3.05) is 7.11 Å². The number of ether oxygens (including phenoxy) is 1. The van der Waals surface area contributed by atoms with E-state index in [1.54, 1.807) is 37.3 Å². The Morgan fingerprint density at radius 3 is 2.54 bits per heavy atom. The molecule has 2 N–H and O–H groups in total. The molecule has 28 heavy (non-hydrogen) atoms. The molecule has 0 aliphatic rings. The second-order valence-corrected chi connectivity index (χ2v) is 5.88. The van der Waals surface area contributed by atoms with Crippen LogP contribution in [0.2, 0.25) is 0 Å². The predicted octanol–water partition coefficient (Wildman–Crippen LogP) is 2.91. The number of aliphatic imine (C=N–C) groups is 1. The van der Waals surface area contributed by atoms with Crippen molar-refractivity contribution in [2.24, 2.45) is 4.99 Å². The SMILES string of the molecule is CCC(=Nc1cccc(F)c1)c1c(O)n(-c2ccc(OC)cc2)c(=O)[nH]c1=O. The van der Waals surface area contributed by atoms with Crippen LogP contribution in [0.4, 0.5) is 10.1 Å². The lowest BCUT2D eigenvalue weighted by Crippen LogP contribution is -2.33. The summed E-state index contributed by atoms with van der Waals surface area (Å²) in [5, 5.41) is 10.7. The maximum atomic E-state index is 13.4. The van der Waals surface area contributed by atoms with Crippen molar-refractivity contribution in [2.45, 2.75) is 13.3 Å². The normalized spacial score (nSPS) is 11.5. The van der Waals surface area contributed by atoms with E-state index in [2.05, 4.69) is 9.98 Å². The van der Waals surface area contributed by atoms with Gasteiger partial charge in [-0.3, -0.25) is 14.8 Å². The zero-order valence-corrected chi connectivity index (χ0v) is 15.3. The quantitative estimate of drug-likeness (QED) is 0.662. The molecule has 1 heterocycles. The number of aromatic hydroxyl groups is 1. The number of nitrogens with one attached hydrogen (secondary N) is 1. The lowest BCUT2D eigenvalue weighted by Gasteiger charge is -2.13. The molecule has 3 aromatic rings. The standard InChI is InChI=1S/C20H18FN3O4/c1-3-16(22-13-6-4-5-12(21)11-13)17-18(25)23-20(27)24(19(17)26)14-7-9-15(28-2)10-8-14/h4-11,26H,3H2,1-2H3,(H,23,25,27). The number of aromatic amines is 1. The van der Waals surface area contributed by atoms with Crippen LogP contribution in [-0.2, 0) is 0 Å². The molecule has 0 bridgehead atoms. The molecule has 0 saturated carbocycles. The van der Waals surface area contributed by atoms with Gasteiger partial charge in [0.05, 0.1) is 24.2 Å². The minimum atomic E-state index is -0.794. The van der Waals surface area contributed by atoms with Gasteiger partial charge in [-0.25, -0.2) is 13.8 Å². The third-order valence-corrected chi connectivity index (χ3v) is 4.11. The molecule has 0 unspecified atom stereocenters. The summed E-state index contributed by atoms with van der Waals surface area (Å²) in [6.07, 6.45) is 0.272. The molecule has 0 aliphatic heterocycles. The van der Waals surface area contributed by atoms with Crippen molar-refractivity contribution in [3.8, 4) is 17.3 Å². The lowest BCUT2D eigenvalue weighted by molar-refractivity contribution is 0.414. The lowest BCUT2D eigenvalue weighted by atomic mass is 10.1. The van der Waals surface area contributed by atoms with Crippen LogP contribution in [0, 0.1) is 5.82 Å². The molecule has 0 radical (unpaired) electrons. The van der Waals surface area contributed by atoms with E-state index >= 15 is 0 Å². The van der Waals surface area contributed by atoms with E-state index in [0.29, 0.717) is 11.4 Å². The van der Waals surface area contributed by atoms with E-state index in [-0.39, 0.29) is 23.4 Å². The fourth-order valence-corrected chi connectivity index (χ4v) is 2.77. The smallest absolute Gasteiger partial charge is 0.335 e. The first kappa shape index (κ1) is 19.1. The van der Waals surface area contributed by atoms with E-state index in [9.17, 15) is 19.1 Å². The Bertz CT molecular complexity index is 1150. The van der Waals surface area contributed by atoms with Crippen molar-refractivity contribution in [3.05, 3.63) is 80.7 Å². The number of halogens is 1. The molecule has 144 valence electrons. The van der Waals surface area contributed by atoms with Gasteiger partial charge < -0.3 is 9.84 Å². The highest BCUT2D eigenvalue weighted by Crippen LogP contribution is 2.22. The van der Waals surface area contributed by atoms with Gasteiger partial charge in [0.2, 0.25) is 5.88 Å². The number of nitrogens with zero attached hydrogens (tertiary/aromatic N) is 2. The first-order chi connectivity index (χ1) is 13.4. The van der Waals surface area contributed by atoms with E-state index in [1.807, 2.05) is 0 Å². The Labute approximate surface area is 159 Å². The first-order valence-electron chi connectivity index (χ1n) is 8.50. The van der Waals surface area contributed by atoms with Gasteiger partial charge >= 0.3 is 5.69 Å². The highest BCUT2D eigenvalue weighted by Gasteiger charge is 2.19. The Hall–Kier alpha value is -3.68. The second-order valence-electron chi connectivity index (χ2n) is 5.88. The summed E-state index contributed by atoms with van der Waals surface area (Å²) in [5.41, 5.74) is -0.879. The van der Waals surface area contributed by atoms with Crippen LogP contribution >= 0.6 is 0 Å². The Morgan fingerprint density at radius 1 is 1.21 bits per heavy atom. The number of hydrogen-bond donors (Lipinski definition) is 2. The average molecular weight is 383 g/mol. The fraction of sp³-hybridized carbons (Fsp3) is 0.150. The monoisotopic (exact) mass is 383 g/mol. The van der Waals surface area contributed by atoms with Crippen LogP contribution < -0.4 is 16.0 Å². The Morgan fingerprint density at radius 2 is 1.93 bits per heavy atom. The minimum Gasteiger partial charge on any atom is -0.497 e. The van der Waals surface area contributed by atoms with E-state index < -0.39 is 22.9 Å². The summed E-state index contributed by atoms with van der Waals surface area (Å²) in [6, 6.07) is 11.9. The number of benzene rings is 2. The summed E-state index contributed by atoms with van der Waals surface area (Å²) in [6.45, 7) is 1.74. The fourth-order valence-electron chi connectivity index (χ4n) is 2.77. The van der Waals surface area contributed by atoms with Crippen molar-refractivity contribution in [1.29, 1.82) is 0 Å². The molecule has 0 fully saturated rings. The summed E-state index contributed by atoms with van der Waals surface area (Å²) in [7, 11) is 1.51. The molecule has 0 amide bonds. The van der Waals surface area contributed by atoms with E-state index in [1.165, 1.54) is 25.3 Å². The predicted molar refractivity (Wildman–Crippen MR) is 104 cm³/mol. The molecule has 8 heteroatoms. The van der Waals surface area contributed by atoms with Crippen LogP contribution in [0.3, 0.4) is 0 Å². The highest BCUT2D eigenvalue weighted by atomic mass is 19.1. The summed E-state index contributed by atoms with van der Waals surface area (Å²) >= 11 is 0. The van der Waals surface area contributed by atoms with Crippen molar-refractivity contribution in [3.63, 3.8) is 0 Å². The Balaban J connectivity index is 2.20. The molecule has 1 aromatic heterocycles. The van der Waals surface area contributed by atoms with Gasteiger partial charge in [0.1, 0.15) is 17.1 Å². The highest BCUT2D eigenvalue weighted by molar-refractivity contribution is 6.03. The zero-order chi connectivity index (χ0) is 20.3. The third kappa shape index (κ3) is 3.71. The summed E-state index contributed by atoms with van der Waals surface area (Å²) in [5.74, 6) is -0.447. The maximum absolute atomic E-state index is 13.4. The third-order valence-electron chi connectivity index (χ3n) is 4.11. The van der Waals surface area contributed by atoms with Gasteiger partial charge in [-0.1, -0.05) is 13.0 Å². The van der Waals surface area contributed by atoms with Crippen molar-refractivity contribution in [1.82, 2.24) is 9.55 Å². The topological polar surface area (TPSA) is 96.7 Å². The Kier molecular flexibility index (Phi) is 5.39. The molecule has 2 aromatic carbocycles. The van der Waals surface area contributed by atoms with Gasteiger partial charge in [-0.15, -0.1) is 0 Å². The molecule has 0 atom stereocenters. The number of rotatable bonds is 5. The number of aromatic nitrogens is 2. The van der Waals surface area contributed by atoms with Gasteiger partial charge in [0.15, 0.2) is 0 Å². The van der Waals surface area contributed by atoms with Gasteiger partial charge in [0.25, 0.3) is 5.56 Å². The van der Waals surface area contributed by atoms with Crippen LogP contribution in [0.1, 0.15) is 18.9 Å². The number of methoxy groups -OCH3 is 1. The molecular formula is C20H18FN3O4. The molecule has 3 rings (SSSR count). The van der Waals surface area contributed by atoms with Crippen LogP contribution in [0.15, 0.2) is 63.1 Å². The largest absolute Gasteiger partial charge is 0.497 e. The summed E-state index contributed by atoms with van der Waals surface area (Å²) in [4.78, 5) is 31.2. The van der Waals surface area contributed by atoms with Gasteiger partial charge in [-0.2, -0.15) is 0 Å². The number of H-pyrrole nitrogens is 1. The molecule has 0 spiro atoms. The van der Waals surface area contributed by atoms with Gasteiger partial charge in [-0.05, 0) is 48.9 Å². The minimum absolute atomic E-state index is 0.151. The second kappa shape index (κ2) is 7.91. The first-order valence-corrected chi connectivity index (χ1v) is 8.50. The molecular weight excluding hydrogens is 365 g/mol. The van der Waals surface area contributed by atoms with E-state index in [0.717, 1.165) is 4.57 Å². The molecule has 0 aliphatic carbocycles. The maximum Gasteiger partial charge on any atom is 0.335 e. The number of hydrogen-bond acceptors (Lipinski definition) is 5. The van der Waals surface area contributed by atoms with Crippen LogP contribution in [0.25, 0.3) is 5.69 Å². The van der Waals surface area contributed by atoms with Crippen molar-refractivity contribution >= 4 is 11.4 Å². The zero-order valence-electron chi connectivity index (χ0n) is 15.3.